The van der Waals surface area contributed by atoms with Gasteiger partial charge in [-0.2, -0.15) is 18.2 Å². The zero-order chi connectivity index (χ0) is 19.6. The molecule has 0 aliphatic heterocycles. The largest absolute Gasteiger partial charge is 0.451 e. The standard InChI is InChI=1S/C17H14F3N5OS/c1-9-5-6-12(10(2)8-9)27-14-11(4-3-7-21-14)13(26)22-16-23-15(24-25-16)17(18,19)20/h3-8H,1-2H3,(H2,22,23,24,25,26). The minimum Gasteiger partial charge on any atom is -0.289 e. The van der Waals surface area contributed by atoms with Gasteiger partial charge in [-0.25, -0.2) is 4.98 Å². The van der Waals surface area contributed by atoms with E-state index < -0.39 is 23.9 Å². The Balaban J connectivity index is 1.82. The quantitative estimate of drug-likeness (QED) is 0.693. The van der Waals surface area contributed by atoms with Crippen LogP contribution >= 0.6 is 11.8 Å². The van der Waals surface area contributed by atoms with Crippen LogP contribution in [0.4, 0.5) is 19.1 Å². The van der Waals surface area contributed by atoms with E-state index in [4.69, 9.17) is 0 Å². The summed E-state index contributed by atoms with van der Waals surface area (Å²) in [6.07, 6.45) is -3.13. The van der Waals surface area contributed by atoms with Gasteiger partial charge in [-0.15, -0.1) is 5.10 Å². The molecule has 0 bridgehead atoms. The third kappa shape index (κ3) is 4.45. The lowest BCUT2D eigenvalue weighted by molar-refractivity contribution is -0.144. The van der Waals surface area contributed by atoms with E-state index >= 15 is 0 Å². The molecule has 0 atom stereocenters. The first kappa shape index (κ1) is 18.9. The summed E-state index contributed by atoms with van der Waals surface area (Å²) in [6, 6.07) is 8.99. The predicted octanol–water partition coefficient (Wildman–Crippen LogP) is 4.24. The molecule has 0 aliphatic rings. The van der Waals surface area contributed by atoms with Crippen molar-refractivity contribution in [3.8, 4) is 0 Å². The summed E-state index contributed by atoms with van der Waals surface area (Å²) in [7, 11) is 0. The fourth-order valence-electron chi connectivity index (χ4n) is 2.28. The van der Waals surface area contributed by atoms with Crippen molar-refractivity contribution in [1.29, 1.82) is 0 Å². The number of rotatable bonds is 4. The summed E-state index contributed by atoms with van der Waals surface area (Å²) in [5.41, 5.74) is 2.35. The van der Waals surface area contributed by atoms with E-state index in [9.17, 15) is 18.0 Å². The Bertz CT molecular complexity index is 987. The van der Waals surface area contributed by atoms with Crippen molar-refractivity contribution in [3.05, 3.63) is 59.0 Å². The first-order chi connectivity index (χ1) is 12.7. The highest BCUT2D eigenvalue weighted by molar-refractivity contribution is 7.99. The van der Waals surface area contributed by atoms with E-state index in [1.807, 2.05) is 32.0 Å². The molecule has 0 unspecified atom stereocenters. The molecule has 2 aromatic heterocycles. The average molecular weight is 393 g/mol. The van der Waals surface area contributed by atoms with Gasteiger partial charge < -0.3 is 0 Å². The van der Waals surface area contributed by atoms with Crippen LogP contribution in [0.15, 0.2) is 46.5 Å². The Kier molecular flexibility index (Phi) is 5.17. The molecule has 2 heterocycles. The van der Waals surface area contributed by atoms with Gasteiger partial charge in [0.2, 0.25) is 11.8 Å². The Morgan fingerprint density at radius 3 is 2.67 bits per heavy atom. The van der Waals surface area contributed by atoms with Crippen LogP contribution in [0.2, 0.25) is 0 Å². The number of hydrogen-bond donors (Lipinski definition) is 2. The molecule has 27 heavy (non-hydrogen) atoms. The second-order valence-electron chi connectivity index (χ2n) is 5.69. The van der Waals surface area contributed by atoms with Gasteiger partial charge in [-0.3, -0.25) is 15.2 Å². The van der Waals surface area contributed by atoms with Gasteiger partial charge in [0.05, 0.1) is 5.56 Å². The number of aromatic amines is 1. The number of nitrogens with one attached hydrogen (secondary N) is 2. The smallest absolute Gasteiger partial charge is 0.289 e. The molecule has 6 nitrogen and oxygen atoms in total. The molecular formula is C17H14F3N5OS. The maximum absolute atomic E-state index is 12.6. The number of aryl methyl sites for hydroxylation is 2. The van der Waals surface area contributed by atoms with Crippen LogP contribution < -0.4 is 5.32 Å². The SMILES string of the molecule is Cc1ccc(Sc2ncccc2C(=O)Nc2n[nH]c(C(F)(F)F)n2)c(C)c1. The van der Waals surface area contributed by atoms with Gasteiger partial charge in [-0.1, -0.05) is 29.5 Å². The lowest BCUT2D eigenvalue weighted by Crippen LogP contribution is -2.15. The fourth-order valence-corrected chi connectivity index (χ4v) is 3.22. The number of hydrogen-bond acceptors (Lipinski definition) is 5. The van der Waals surface area contributed by atoms with Crippen molar-refractivity contribution < 1.29 is 18.0 Å². The molecule has 2 N–H and O–H groups in total. The van der Waals surface area contributed by atoms with Gasteiger partial charge in [0.1, 0.15) is 5.03 Å². The minimum atomic E-state index is -4.67. The Morgan fingerprint density at radius 2 is 2.00 bits per heavy atom. The summed E-state index contributed by atoms with van der Waals surface area (Å²) in [4.78, 5) is 20.9. The normalized spacial score (nSPS) is 11.4. The van der Waals surface area contributed by atoms with E-state index in [2.05, 4.69) is 20.4 Å². The van der Waals surface area contributed by atoms with Gasteiger partial charge in [0.15, 0.2) is 0 Å². The highest BCUT2D eigenvalue weighted by atomic mass is 32.2. The summed E-state index contributed by atoms with van der Waals surface area (Å²) in [5.74, 6) is -2.39. The van der Waals surface area contributed by atoms with E-state index in [-0.39, 0.29) is 5.56 Å². The van der Waals surface area contributed by atoms with Gasteiger partial charge >= 0.3 is 6.18 Å². The predicted molar refractivity (Wildman–Crippen MR) is 93.6 cm³/mol. The van der Waals surface area contributed by atoms with E-state index in [1.54, 1.807) is 11.2 Å². The zero-order valence-corrected chi connectivity index (χ0v) is 15.1. The monoisotopic (exact) mass is 393 g/mol. The average Bonchev–Trinajstić information content (AvgIpc) is 3.06. The number of carbonyl (C=O) groups is 1. The van der Waals surface area contributed by atoms with E-state index in [1.165, 1.54) is 24.0 Å². The van der Waals surface area contributed by atoms with Crippen molar-refractivity contribution in [1.82, 2.24) is 20.2 Å². The van der Waals surface area contributed by atoms with Gasteiger partial charge in [-0.05, 0) is 37.6 Å². The summed E-state index contributed by atoms with van der Waals surface area (Å²) >= 11 is 1.30. The number of aromatic nitrogens is 4. The molecule has 140 valence electrons. The van der Waals surface area contributed by atoms with Crippen LogP contribution in [0.5, 0.6) is 0 Å². The molecule has 0 saturated carbocycles. The number of pyridine rings is 1. The highest BCUT2D eigenvalue weighted by Crippen LogP contribution is 2.32. The second-order valence-corrected chi connectivity index (χ2v) is 6.72. The number of carbonyl (C=O) groups excluding carboxylic acids is 1. The summed E-state index contributed by atoms with van der Waals surface area (Å²) < 4.78 is 37.7. The van der Waals surface area contributed by atoms with Crippen molar-refractivity contribution in [3.63, 3.8) is 0 Å². The van der Waals surface area contributed by atoms with Crippen molar-refractivity contribution >= 4 is 23.6 Å². The summed E-state index contributed by atoms with van der Waals surface area (Å²) in [6.45, 7) is 3.93. The molecule has 10 heteroatoms. The Hall–Kier alpha value is -2.88. The van der Waals surface area contributed by atoms with Crippen LogP contribution in [-0.2, 0) is 6.18 Å². The van der Waals surface area contributed by atoms with Crippen LogP contribution in [0, 0.1) is 13.8 Å². The van der Waals surface area contributed by atoms with Crippen LogP contribution in [-0.4, -0.2) is 26.1 Å². The molecular weight excluding hydrogens is 379 g/mol. The molecule has 3 rings (SSSR count). The number of anilines is 1. The zero-order valence-electron chi connectivity index (χ0n) is 14.3. The van der Waals surface area contributed by atoms with Crippen molar-refractivity contribution in [2.24, 2.45) is 0 Å². The van der Waals surface area contributed by atoms with Gasteiger partial charge in [0, 0.05) is 11.1 Å². The number of alkyl halides is 3. The molecule has 0 aliphatic carbocycles. The summed E-state index contributed by atoms with van der Waals surface area (Å²) in [5, 5.41) is 7.80. The van der Waals surface area contributed by atoms with Crippen LogP contribution in [0.3, 0.4) is 0 Å². The third-order valence-electron chi connectivity index (χ3n) is 3.53. The molecule has 0 saturated heterocycles. The molecule has 1 amide bonds. The molecule has 0 fully saturated rings. The van der Waals surface area contributed by atoms with Crippen molar-refractivity contribution in [2.75, 3.05) is 5.32 Å². The van der Waals surface area contributed by atoms with Gasteiger partial charge in [0.25, 0.3) is 5.91 Å². The maximum Gasteiger partial charge on any atom is 0.451 e. The third-order valence-corrected chi connectivity index (χ3v) is 4.73. The second kappa shape index (κ2) is 7.39. The number of benzene rings is 1. The lowest BCUT2D eigenvalue weighted by atomic mass is 10.2. The first-order valence-electron chi connectivity index (χ1n) is 7.75. The minimum absolute atomic E-state index is 0.209. The van der Waals surface area contributed by atoms with E-state index in [0.29, 0.717) is 5.03 Å². The fraction of sp³-hybridized carbons (Fsp3) is 0.176. The first-order valence-corrected chi connectivity index (χ1v) is 8.57. The topological polar surface area (TPSA) is 83.6 Å². The number of halogens is 3. The maximum atomic E-state index is 12.6. The number of nitrogens with zero attached hydrogens (tertiary/aromatic N) is 3. The van der Waals surface area contributed by atoms with Crippen molar-refractivity contribution in [2.45, 2.75) is 29.9 Å². The molecule has 0 radical (unpaired) electrons. The Morgan fingerprint density at radius 1 is 1.22 bits per heavy atom. The highest BCUT2D eigenvalue weighted by Gasteiger charge is 2.35. The van der Waals surface area contributed by atoms with Crippen LogP contribution in [0.25, 0.3) is 0 Å². The van der Waals surface area contributed by atoms with E-state index in [0.717, 1.165) is 16.0 Å². The number of amides is 1. The Labute approximate surface area is 156 Å². The lowest BCUT2D eigenvalue weighted by Gasteiger charge is -2.09. The molecule has 0 spiro atoms. The number of H-pyrrole nitrogens is 1. The van der Waals surface area contributed by atoms with Crippen LogP contribution in [0.1, 0.15) is 27.3 Å². The molecule has 1 aromatic carbocycles. The molecule has 3 aromatic rings.